The van der Waals surface area contributed by atoms with Crippen molar-refractivity contribution in [3.05, 3.63) is 71.0 Å². The zero-order chi connectivity index (χ0) is 25.7. The van der Waals surface area contributed by atoms with Gasteiger partial charge in [-0.15, -0.1) is 5.10 Å². The highest BCUT2D eigenvalue weighted by atomic mass is 16.2. The molecule has 3 aromatic rings. The summed E-state index contributed by atoms with van der Waals surface area (Å²) in [5.41, 5.74) is 4.33. The van der Waals surface area contributed by atoms with E-state index in [1.54, 1.807) is 4.68 Å². The summed E-state index contributed by atoms with van der Waals surface area (Å²) in [4.78, 5) is 16.3. The highest BCUT2D eigenvalue weighted by Crippen LogP contribution is 2.39. The third-order valence-corrected chi connectivity index (χ3v) is 7.41. The van der Waals surface area contributed by atoms with E-state index in [4.69, 9.17) is 0 Å². The lowest BCUT2D eigenvalue weighted by atomic mass is 9.82. The molecule has 36 heavy (non-hydrogen) atoms. The van der Waals surface area contributed by atoms with Crippen molar-refractivity contribution >= 4 is 11.7 Å². The third kappa shape index (κ3) is 5.77. The van der Waals surface area contributed by atoms with Gasteiger partial charge in [-0.25, -0.2) is 9.48 Å². The molecule has 1 aliphatic rings. The average molecular weight is 489 g/mol. The quantitative estimate of drug-likeness (QED) is 0.378. The number of anilines is 1. The maximum atomic E-state index is 14.3. The molecule has 1 atom stereocenters. The number of carbonyl (C=O) groups excluding carboxylic acids is 1. The lowest BCUT2D eigenvalue weighted by molar-refractivity contribution is 0.126. The van der Waals surface area contributed by atoms with E-state index in [1.165, 1.54) is 19.3 Å². The fourth-order valence-electron chi connectivity index (χ4n) is 5.49. The van der Waals surface area contributed by atoms with Gasteiger partial charge in [-0.1, -0.05) is 95.5 Å². The zero-order valence-corrected chi connectivity index (χ0v) is 22.3. The molecule has 2 aromatic carbocycles. The number of nitrogens with zero attached hydrogens (tertiary/aromatic N) is 5. The molecule has 192 valence electrons. The topological polar surface area (TPSA) is 75.9 Å². The van der Waals surface area contributed by atoms with Gasteiger partial charge in [0.05, 0.1) is 6.04 Å². The van der Waals surface area contributed by atoms with Gasteiger partial charge in [0.2, 0.25) is 0 Å². The minimum Gasteiger partial charge on any atom is -0.310 e. The van der Waals surface area contributed by atoms with Crippen LogP contribution >= 0.6 is 0 Å². The van der Waals surface area contributed by atoms with Crippen LogP contribution in [0.5, 0.6) is 0 Å². The van der Waals surface area contributed by atoms with Crippen molar-refractivity contribution in [2.75, 3.05) is 5.32 Å². The standard InChI is InChI=1S/C29H40N6O/c1-20(2)24-17-12-18-25(21(3)4)26(24)30-29(36)35(19-22-13-8-6-9-14-22)27(23-15-10-7-11-16-23)28-31-32-33-34(28)5/h6,8-9,12-14,17-18,20-21,23,27H,7,10-11,15-16,19H2,1-5H3,(H,30,36). The van der Waals surface area contributed by atoms with E-state index in [-0.39, 0.29) is 12.1 Å². The second kappa shape index (κ2) is 11.7. The lowest BCUT2D eigenvalue weighted by Gasteiger charge is -2.38. The van der Waals surface area contributed by atoms with E-state index in [2.05, 4.69) is 78.9 Å². The van der Waals surface area contributed by atoms with Gasteiger partial charge < -0.3 is 10.2 Å². The Hall–Kier alpha value is -3.22. The Morgan fingerprint density at radius 3 is 2.17 bits per heavy atom. The molecule has 1 heterocycles. The number of aryl methyl sites for hydroxylation is 1. The van der Waals surface area contributed by atoms with Gasteiger partial charge in [-0.2, -0.15) is 0 Å². The van der Waals surface area contributed by atoms with Crippen LogP contribution in [0.3, 0.4) is 0 Å². The second-order valence-corrected chi connectivity index (χ2v) is 10.7. The van der Waals surface area contributed by atoms with Crippen LogP contribution in [0.25, 0.3) is 0 Å². The summed E-state index contributed by atoms with van der Waals surface area (Å²) in [6, 6.07) is 16.2. The molecular weight excluding hydrogens is 448 g/mol. The van der Waals surface area contributed by atoms with Crippen LogP contribution < -0.4 is 5.32 Å². The fourth-order valence-corrected chi connectivity index (χ4v) is 5.49. The van der Waals surface area contributed by atoms with Gasteiger partial charge in [-0.05, 0) is 57.7 Å². The molecule has 1 aliphatic carbocycles. The van der Waals surface area contributed by atoms with Crippen molar-refractivity contribution in [3.63, 3.8) is 0 Å². The molecule has 0 radical (unpaired) electrons. The number of hydrogen-bond donors (Lipinski definition) is 1. The Kier molecular flexibility index (Phi) is 8.39. The molecule has 1 unspecified atom stereocenters. The van der Waals surface area contributed by atoms with E-state index in [0.717, 1.165) is 41.0 Å². The summed E-state index contributed by atoms with van der Waals surface area (Å²) in [6.07, 6.45) is 5.71. The van der Waals surface area contributed by atoms with Crippen LogP contribution in [0.15, 0.2) is 48.5 Å². The Balaban J connectivity index is 1.78. The van der Waals surface area contributed by atoms with Crippen molar-refractivity contribution in [2.24, 2.45) is 13.0 Å². The third-order valence-electron chi connectivity index (χ3n) is 7.41. The Bertz CT molecular complexity index is 1110. The first-order chi connectivity index (χ1) is 17.4. The highest BCUT2D eigenvalue weighted by Gasteiger charge is 2.37. The Morgan fingerprint density at radius 1 is 0.972 bits per heavy atom. The predicted molar refractivity (Wildman–Crippen MR) is 144 cm³/mol. The number of rotatable bonds is 8. The maximum Gasteiger partial charge on any atom is 0.322 e. The van der Waals surface area contributed by atoms with Crippen molar-refractivity contribution in [2.45, 2.75) is 84.2 Å². The summed E-state index contributed by atoms with van der Waals surface area (Å²) in [7, 11) is 1.87. The first kappa shape index (κ1) is 25.9. The molecule has 7 heteroatoms. The summed E-state index contributed by atoms with van der Waals surface area (Å²) < 4.78 is 1.73. The van der Waals surface area contributed by atoms with E-state index in [0.29, 0.717) is 24.3 Å². The molecule has 1 N–H and O–H groups in total. The highest BCUT2D eigenvalue weighted by molar-refractivity contribution is 5.91. The molecule has 0 spiro atoms. The number of urea groups is 1. The van der Waals surface area contributed by atoms with Crippen LogP contribution in [-0.4, -0.2) is 31.1 Å². The SMILES string of the molecule is CC(C)c1cccc(C(C)C)c1NC(=O)N(Cc1ccccc1)C(c1nnnn1C)C1CCCCC1. The van der Waals surface area contributed by atoms with E-state index < -0.39 is 0 Å². The number of benzene rings is 2. The first-order valence-corrected chi connectivity index (χ1v) is 13.3. The summed E-state index contributed by atoms with van der Waals surface area (Å²) in [5, 5.41) is 15.9. The minimum atomic E-state index is -0.209. The first-order valence-electron chi connectivity index (χ1n) is 13.3. The largest absolute Gasteiger partial charge is 0.322 e. The van der Waals surface area contributed by atoms with Gasteiger partial charge in [0, 0.05) is 19.3 Å². The van der Waals surface area contributed by atoms with Gasteiger partial charge in [0.15, 0.2) is 5.82 Å². The van der Waals surface area contributed by atoms with Gasteiger partial charge >= 0.3 is 6.03 Å². The maximum absolute atomic E-state index is 14.3. The molecule has 0 bridgehead atoms. The van der Waals surface area contributed by atoms with Crippen LogP contribution in [0.4, 0.5) is 10.5 Å². The Morgan fingerprint density at radius 2 is 1.61 bits per heavy atom. The molecule has 4 rings (SSSR count). The molecule has 0 saturated heterocycles. The fraction of sp³-hybridized carbons (Fsp3) is 0.517. The van der Waals surface area contributed by atoms with Crippen LogP contribution in [0, 0.1) is 5.92 Å². The van der Waals surface area contributed by atoms with Crippen LogP contribution in [0.2, 0.25) is 0 Å². The monoisotopic (exact) mass is 488 g/mol. The zero-order valence-electron chi connectivity index (χ0n) is 22.3. The van der Waals surface area contributed by atoms with E-state index in [1.807, 2.05) is 30.1 Å². The van der Waals surface area contributed by atoms with Crippen molar-refractivity contribution in [1.29, 1.82) is 0 Å². The van der Waals surface area contributed by atoms with Crippen LogP contribution in [-0.2, 0) is 13.6 Å². The van der Waals surface area contributed by atoms with E-state index in [9.17, 15) is 4.79 Å². The van der Waals surface area contributed by atoms with Crippen molar-refractivity contribution < 1.29 is 4.79 Å². The molecule has 7 nitrogen and oxygen atoms in total. The number of carbonyl (C=O) groups is 1. The lowest BCUT2D eigenvalue weighted by Crippen LogP contribution is -2.42. The van der Waals surface area contributed by atoms with Gasteiger partial charge in [0.25, 0.3) is 0 Å². The molecule has 0 aliphatic heterocycles. The van der Waals surface area contributed by atoms with Gasteiger partial charge in [-0.3, -0.25) is 0 Å². The van der Waals surface area contributed by atoms with Crippen molar-refractivity contribution in [1.82, 2.24) is 25.1 Å². The van der Waals surface area contributed by atoms with Crippen molar-refractivity contribution in [3.8, 4) is 0 Å². The van der Waals surface area contributed by atoms with Crippen LogP contribution in [0.1, 0.15) is 100 Å². The molecule has 2 amide bonds. The smallest absolute Gasteiger partial charge is 0.310 e. The minimum absolute atomic E-state index is 0.104. The molecular formula is C29H40N6O. The second-order valence-electron chi connectivity index (χ2n) is 10.7. The van der Waals surface area contributed by atoms with Gasteiger partial charge in [0.1, 0.15) is 0 Å². The number of nitrogens with one attached hydrogen (secondary N) is 1. The normalized spacial score (nSPS) is 15.3. The molecule has 1 saturated carbocycles. The summed E-state index contributed by atoms with van der Waals surface area (Å²) in [6.45, 7) is 9.18. The number of aromatic nitrogens is 4. The number of para-hydroxylation sites is 1. The van der Waals surface area contributed by atoms with E-state index >= 15 is 0 Å². The summed E-state index contributed by atoms with van der Waals surface area (Å²) >= 11 is 0. The summed E-state index contributed by atoms with van der Waals surface area (Å²) in [5.74, 6) is 1.63. The molecule has 1 fully saturated rings. The Labute approximate surface area is 215 Å². The average Bonchev–Trinajstić information content (AvgIpc) is 3.30. The molecule has 1 aromatic heterocycles. The number of amides is 2. The number of hydrogen-bond acceptors (Lipinski definition) is 4. The predicted octanol–water partition coefficient (Wildman–Crippen LogP) is 6.81. The number of tetrazole rings is 1.